The van der Waals surface area contributed by atoms with Gasteiger partial charge in [0.05, 0.1) is 0 Å². The molecule has 1 aromatic heterocycles. The van der Waals surface area contributed by atoms with Crippen LogP contribution in [-0.2, 0) is 4.74 Å². The molecule has 1 aromatic rings. The summed E-state index contributed by atoms with van der Waals surface area (Å²) in [5.41, 5.74) is 0.384. The van der Waals surface area contributed by atoms with Crippen LogP contribution < -0.4 is 0 Å². The van der Waals surface area contributed by atoms with Gasteiger partial charge in [-0.05, 0) is 29.8 Å². The van der Waals surface area contributed by atoms with Gasteiger partial charge in [0.25, 0.3) is 0 Å². The number of hydrogen-bond donors (Lipinski definition) is 0. The highest BCUT2D eigenvalue weighted by Crippen LogP contribution is 2.38. The average Bonchev–Trinajstić information content (AvgIpc) is 2.81. The Kier molecular flexibility index (Phi) is 4.42. The average molecular weight is 309 g/mol. The molecule has 0 amide bonds. The Morgan fingerprint density at radius 3 is 2.93 bits per heavy atom. The minimum atomic E-state index is 0.384. The van der Waals surface area contributed by atoms with Gasteiger partial charge in [0.15, 0.2) is 4.34 Å². The topological polar surface area (TPSA) is 35.0 Å². The zero-order valence-electron chi connectivity index (χ0n) is 8.32. The number of ether oxygens (including phenoxy) is 1. The highest BCUT2D eigenvalue weighted by molar-refractivity contribution is 9.09. The highest BCUT2D eigenvalue weighted by atomic mass is 79.9. The molecule has 0 unspecified atom stereocenters. The quantitative estimate of drug-likeness (QED) is 0.633. The van der Waals surface area contributed by atoms with Crippen LogP contribution in [0.25, 0.3) is 0 Å². The molecule has 2 heterocycles. The lowest BCUT2D eigenvalue weighted by Crippen LogP contribution is -2.33. The number of nitrogens with zero attached hydrogens (tertiary/aromatic N) is 2. The molecule has 6 heteroatoms. The van der Waals surface area contributed by atoms with E-state index >= 15 is 0 Å². The van der Waals surface area contributed by atoms with Crippen molar-refractivity contribution in [3.63, 3.8) is 0 Å². The van der Waals surface area contributed by atoms with E-state index in [-0.39, 0.29) is 0 Å². The van der Waals surface area contributed by atoms with Crippen molar-refractivity contribution in [1.82, 2.24) is 9.36 Å². The van der Waals surface area contributed by atoms with Crippen molar-refractivity contribution in [3.05, 3.63) is 6.33 Å². The molecule has 1 saturated heterocycles. The summed E-state index contributed by atoms with van der Waals surface area (Å²) in [6.45, 7) is 1.78. The lowest BCUT2D eigenvalue weighted by molar-refractivity contribution is 0.0374. The van der Waals surface area contributed by atoms with Crippen molar-refractivity contribution in [2.24, 2.45) is 5.41 Å². The van der Waals surface area contributed by atoms with Crippen molar-refractivity contribution in [3.8, 4) is 0 Å². The van der Waals surface area contributed by atoms with Crippen molar-refractivity contribution in [2.45, 2.75) is 17.2 Å². The molecule has 0 aliphatic carbocycles. The predicted octanol–water partition coefficient (Wildman–Crippen LogP) is 2.82. The van der Waals surface area contributed by atoms with Gasteiger partial charge in [0, 0.05) is 24.3 Å². The summed E-state index contributed by atoms with van der Waals surface area (Å²) in [4.78, 5) is 4.19. The summed E-state index contributed by atoms with van der Waals surface area (Å²) in [7, 11) is 0. The van der Waals surface area contributed by atoms with Crippen LogP contribution in [0.2, 0.25) is 0 Å². The third-order valence-corrected chi connectivity index (χ3v) is 6.02. The van der Waals surface area contributed by atoms with Crippen LogP contribution in [0.3, 0.4) is 0 Å². The summed E-state index contributed by atoms with van der Waals surface area (Å²) in [6.07, 6.45) is 3.91. The fraction of sp³-hybridized carbons (Fsp3) is 0.778. The molecule has 2 rings (SSSR count). The van der Waals surface area contributed by atoms with Gasteiger partial charge >= 0.3 is 0 Å². The maximum absolute atomic E-state index is 5.41. The lowest BCUT2D eigenvalue weighted by Gasteiger charge is -2.34. The minimum absolute atomic E-state index is 0.384. The summed E-state index contributed by atoms with van der Waals surface area (Å²) in [6, 6.07) is 0. The molecule has 0 bridgehead atoms. The molecule has 0 saturated carbocycles. The zero-order chi connectivity index (χ0) is 10.6. The molecule has 15 heavy (non-hydrogen) atoms. The van der Waals surface area contributed by atoms with E-state index in [1.54, 1.807) is 6.33 Å². The fourth-order valence-electron chi connectivity index (χ4n) is 1.56. The van der Waals surface area contributed by atoms with E-state index in [4.69, 9.17) is 4.74 Å². The highest BCUT2D eigenvalue weighted by Gasteiger charge is 2.31. The van der Waals surface area contributed by atoms with Gasteiger partial charge in [-0.1, -0.05) is 27.7 Å². The Labute approximate surface area is 106 Å². The summed E-state index contributed by atoms with van der Waals surface area (Å²) in [5.74, 6) is 1.11. The smallest absolute Gasteiger partial charge is 0.169 e. The van der Waals surface area contributed by atoms with Crippen LogP contribution in [0.1, 0.15) is 12.8 Å². The maximum atomic E-state index is 5.41. The molecule has 1 fully saturated rings. The molecule has 0 N–H and O–H groups in total. The van der Waals surface area contributed by atoms with Crippen molar-refractivity contribution >= 4 is 39.2 Å². The van der Waals surface area contributed by atoms with Crippen LogP contribution in [0, 0.1) is 5.41 Å². The largest absolute Gasteiger partial charge is 0.381 e. The van der Waals surface area contributed by atoms with E-state index in [1.165, 1.54) is 11.5 Å². The number of hydrogen-bond acceptors (Lipinski definition) is 5. The van der Waals surface area contributed by atoms with Crippen molar-refractivity contribution in [1.29, 1.82) is 0 Å². The number of alkyl halides is 1. The number of aromatic nitrogens is 2. The molecule has 0 radical (unpaired) electrons. The van der Waals surface area contributed by atoms with E-state index < -0.39 is 0 Å². The lowest BCUT2D eigenvalue weighted by atomic mass is 9.85. The number of halogens is 1. The second-order valence-corrected chi connectivity index (χ2v) is 6.31. The first-order valence-electron chi connectivity index (χ1n) is 4.88. The van der Waals surface area contributed by atoms with Crippen LogP contribution in [0.15, 0.2) is 10.7 Å². The first-order valence-corrected chi connectivity index (χ1v) is 7.76. The van der Waals surface area contributed by atoms with Crippen LogP contribution in [-0.4, -0.2) is 33.7 Å². The normalized spacial score (nSPS) is 20.3. The number of rotatable bonds is 4. The first-order chi connectivity index (χ1) is 7.35. The molecular weight excluding hydrogens is 296 g/mol. The van der Waals surface area contributed by atoms with Gasteiger partial charge in [-0.15, -0.1) is 0 Å². The van der Waals surface area contributed by atoms with Gasteiger partial charge < -0.3 is 4.74 Å². The third-order valence-electron chi connectivity index (χ3n) is 2.68. The Morgan fingerprint density at radius 2 is 2.33 bits per heavy atom. The Hall–Kier alpha value is 0.350. The van der Waals surface area contributed by atoms with E-state index in [0.717, 1.165) is 41.5 Å². The molecular formula is C9H13BrN2OS2. The van der Waals surface area contributed by atoms with E-state index in [0.29, 0.717) is 5.41 Å². The second kappa shape index (κ2) is 5.61. The molecule has 1 aliphatic heterocycles. The van der Waals surface area contributed by atoms with Gasteiger partial charge in [0.2, 0.25) is 0 Å². The zero-order valence-corrected chi connectivity index (χ0v) is 11.5. The predicted molar refractivity (Wildman–Crippen MR) is 66.9 cm³/mol. The van der Waals surface area contributed by atoms with Crippen LogP contribution >= 0.6 is 39.2 Å². The number of thioether (sulfide) groups is 1. The monoisotopic (exact) mass is 308 g/mol. The maximum Gasteiger partial charge on any atom is 0.169 e. The molecule has 84 valence electrons. The minimum Gasteiger partial charge on any atom is -0.381 e. The van der Waals surface area contributed by atoms with Crippen molar-refractivity contribution < 1.29 is 4.74 Å². The van der Waals surface area contributed by atoms with Gasteiger partial charge in [-0.2, -0.15) is 4.37 Å². The SMILES string of the molecule is BrCC1(CSc2ncns2)CCOCC1. The third kappa shape index (κ3) is 3.15. The summed E-state index contributed by atoms with van der Waals surface area (Å²) < 4.78 is 10.5. The Balaban J connectivity index is 1.89. The summed E-state index contributed by atoms with van der Waals surface area (Å²) in [5, 5.41) is 1.05. The molecule has 0 atom stereocenters. The van der Waals surface area contributed by atoms with E-state index in [1.807, 2.05) is 11.8 Å². The standard InChI is InChI=1S/C9H13BrN2OS2/c10-5-9(1-3-13-4-2-9)6-14-8-11-7-12-15-8/h7H,1-6H2. The van der Waals surface area contributed by atoms with E-state index in [9.17, 15) is 0 Å². The van der Waals surface area contributed by atoms with Crippen molar-refractivity contribution in [2.75, 3.05) is 24.3 Å². The van der Waals surface area contributed by atoms with Crippen LogP contribution in [0.5, 0.6) is 0 Å². The van der Waals surface area contributed by atoms with E-state index in [2.05, 4.69) is 25.3 Å². The molecule has 3 nitrogen and oxygen atoms in total. The Morgan fingerprint density at radius 1 is 1.53 bits per heavy atom. The Bertz CT molecular complexity index is 288. The van der Waals surface area contributed by atoms with Gasteiger partial charge in [-0.25, -0.2) is 4.98 Å². The molecule has 0 aromatic carbocycles. The van der Waals surface area contributed by atoms with Crippen LogP contribution in [0.4, 0.5) is 0 Å². The molecule has 1 aliphatic rings. The fourth-order valence-corrected chi connectivity index (χ4v) is 4.32. The molecule has 0 spiro atoms. The second-order valence-electron chi connectivity index (χ2n) is 3.74. The van der Waals surface area contributed by atoms with Gasteiger partial charge in [-0.3, -0.25) is 0 Å². The first kappa shape index (κ1) is 11.8. The van der Waals surface area contributed by atoms with Gasteiger partial charge in [0.1, 0.15) is 6.33 Å². The summed E-state index contributed by atoms with van der Waals surface area (Å²) >= 11 is 6.92.